The van der Waals surface area contributed by atoms with Crippen molar-refractivity contribution >= 4 is 29.9 Å². The quantitative estimate of drug-likeness (QED) is 0.565. The van der Waals surface area contributed by atoms with Crippen LogP contribution in [-0.4, -0.2) is 13.3 Å². The second-order valence-corrected chi connectivity index (χ2v) is 7.86. The van der Waals surface area contributed by atoms with Gasteiger partial charge in [0.2, 0.25) is 6.49 Å². The highest BCUT2D eigenvalue weighted by molar-refractivity contribution is 8.09. The number of rotatable bonds is 6. The Labute approximate surface area is 107 Å². The van der Waals surface area contributed by atoms with Crippen LogP contribution in [0, 0.1) is 0 Å². The molecule has 1 rings (SSSR count). The molecule has 1 aromatic rings. The third kappa shape index (κ3) is 4.84. The third-order valence-corrected chi connectivity index (χ3v) is 3.96. The molecule has 0 saturated carbocycles. The Balaban J connectivity index is 2.59. The summed E-state index contributed by atoms with van der Waals surface area (Å²) in [5.74, 6) is 0.603. The van der Waals surface area contributed by atoms with Gasteiger partial charge in [0.05, 0.1) is 11.6 Å². The lowest BCUT2D eigenvalue weighted by atomic mass is 10.3. The maximum atomic E-state index is 5.98. The lowest BCUT2D eigenvalue weighted by Crippen LogP contribution is -1.98. The smallest absolute Gasteiger partial charge is 0.235 e. The molecular weight excluding hydrogens is 263 g/mol. The number of unbranched alkanes of at least 4 members (excludes halogenated alkanes) is 1. The average Bonchev–Trinajstić information content (AvgIpc) is 2.21. The Morgan fingerprint density at radius 1 is 1.38 bits per heavy atom. The van der Waals surface area contributed by atoms with Crippen molar-refractivity contribution in [2.45, 2.75) is 19.8 Å². The van der Waals surface area contributed by atoms with Gasteiger partial charge in [0.15, 0.2) is 0 Å². The summed E-state index contributed by atoms with van der Waals surface area (Å²) < 4.78 is 11.2. The number of benzene rings is 1. The second kappa shape index (κ2) is 6.61. The fourth-order valence-electron chi connectivity index (χ4n) is 1.10. The number of para-hydroxylation sites is 1. The van der Waals surface area contributed by atoms with Crippen LogP contribution < -0.4 is 4.52 Å². The van der Waals surface area contributed by atoms with Crippen LogP contribution in [0.25, 0.3) is 0 Å². The van der Waals surface area contributed by atoms with Crippen molar-refractivity contribution in [3.05, 3.63) is 29.3 Å². The highest BCUT2D eigenvalue weighted by atomic mass is 35.5. The molecule has 2 nitrogen and oxygen atoms in total. The van der Waals surface area contributed by atoms with Gasteiger partial charge in [0, 0.05) is 6.66 Å². The highest BCUT2D eigenvalue weighted by Crippen LogP contribution is 2.46. The summed E-state index contributed by atoms with van der Waals surface area (Å²) in [4.78, 5) is 0. The Kier molecular flexibility index (Phi) is 5.77. The standard InChI is InChI=1S/C11H16ClO2PS/c1-3-4-9-13-15(2,16)14-11-8-6-5-7-10(11)12/h5-8H,3-4,9H2,1-2H3. The van der Waals surface area contributed by atoms with Crippen molar-refractivity contribution in [1.82, 2.24) is 0 Å². The zero-order chi connectivity index (χ0) is 12.0. The SMILES string of the molecule is CCCCOP(C)(=S)Oc1ccccc1Cl. The van der Waals surface area contributed by atoms with E-state index in [0.717, 1.165) is 12.8 Å². The van der Waals surface area contributed by atoms with E-state index >= 15 is 0 Å². The van der Waals surface area contributed by atoms with E-state index in [0.29, 0.717) is 17.4 Å². The Morgan fingerprint density at radius 3 is 2.69 bits per heavy atom. The molecule has 0 saturated heterocycles. The van der Waals surface area contributed by atoms with E-state index in [2.05, 4.69) is 6.92 Å². The summed E-state index contributed by atoms with van der Waals surface area (Å²) in [5, 5.41) is 0.567. The number of halogens is 1. The van der Waals surface area contributed by atoms with Crippen LogP contribution in [-0.2, 0) is 16.3 Å². The minimum Gasteiger partial charge on any atom is -0.442 e. The van der Waals surface area contributed by atoms with E-state index in [1.165, 1.54) is 0 Å². The largest absolute Gasteiger partial charge is 0.442 e. The molecule has 16 heavy (non-hydrogen) atoms. The first-order chi connectivity index (χ1) is 7.55. The van der Waals surface area contributed by atoms with Gasteiger partial charge >= 0.3 is 0 Å². The molecule has 0 aliphatic heterocycles. The predicted octanol–water partition coefficient (Wildman–Crippen LogP) is 4.47. The van der Waals surface area contributed by atoms with Crippen LogP contribution >= 0.6 is 18.1 Å². The average molecular weight is 279 g/mol. The molecule has 0 amide bonds. The van der Waals surface area contributed by atoms with Gasteiger partial charge in [0.1, 0.15) is 5.75 Å². The van der Waals surface area contributed by atoms with E-state index in [1.807, 2.05) is 18.8 Å². The van der Waals surface area contributed by atoms with Crippen molar-refractivity contribution in [2.24, 2.45) is 0 Å². The molecule has 0 spiro atoms. The molecule has 0 aliphatic rings. The van der Waals surface area contributed by atoms with Crippen molar-refractivity contribution in [1.29, 1.82) is 0 Å². The van der Waals surface area contributed by atoms with Gasteiger partial charge in [-0.15, -0.1) is 0 Å². The van der Waals surface area contributed by atoms with Gasteiger partial charge in [-0.3, -0.25) is 0 Å². The van der Waals surface area contributed by atoms with Crippen LogP contribution in [0.4, 0.5) is 0 Å². The van der Waals surface area contributed by atoms with Crippen LogP contribution in [0.3, 0.4) is 0 Å². The molecule has 0 aromatic heterocycles. The van der Waals surface area contributed by atoms with Gasteiger partial charge in [-0.25, -0.2) is 0 Å². The second-order valence-electron chi connectivity index (χ2n) is 3.48. The Hall–Kier alpha value is -0.0800. The van der Waals surface area contributed by atoms with Crippen molar-refractivity contribution in [2.75, 3.05) is 13.3 Å². The molecule has 0 N–H and O–H groups in total. The molecule has 0 bridgehead atoms. The van der Waals surface area contributed by atoms with Crippen LogP contribution in [0.15, 0.2) is 24.3 Å². The van der Waals surface area contributed by atoms with Crippen LogP contribution in [0.1, 0.15) is 19.8 Å². The number of hydrogen-bond donors (Lipinski definition) is 0. The predicted molar refractivity (Wildman–Crippen MR) is 73.1 cm³/mol. The molecule has 90 valence electrons. The minimum atomic E-state index is -2.22. The first-order valence-electron chi connectivity index (χ1n) is 5.21. The molecule has 0 fully saturated rings. The summed E-state index contributed by atoms with van der Waals surface area (Å²) >= 11 is 11.3. The lowest BCUT2D eigenvalue weighted by Gasteiger charge is -2.19. The summed E-state index contributed by atoms with van der Waals surface area (Å²) in [5.41, 5.74) is 0. The summed E-state index contributed by atoms with van der Waals surface area (Å²) in [6.07, 6.45) is 2.08. The third-order valence-electron chi connectivity index (χ3n) is 1.92. The van der Waals surface area contributed by atoms with Gasteiger partial charge in [-0.2, -0.15) is 0 Å². The minimum absolute atomic E-state index is 0.567. The highest BCUT2D eigenvalue weighted by Gasteiger charge is 2.14. The summed E-state index contributed by atoms with van der Waals surface area (Å²) in [7, 11) is 0. The zero-order valence-electron chi connectivity index (χ0n) is 9.48. The molecule has 1 atom stereocenters. The molecule has 1 aromatic carbocycles. The molecular formula is C11H16ClO2PS. The molecule has 5 heteroatoms. The number of hydrogen-bond acceptors (Lipinski definition) is 3. The first kappa shape index (κ1) is 14.0. The molecule has 0 aliphatic carbocycles. The van der Waals surface area contributed by atoms with Gasteiger partial charge < -0.3 is 9.05 Å². The Morgan fingerprint density at radius 2 is 2.06 bits per heavy atom. The van der Waals surface area contributed by atoms with Gasteiger partial charge in [-0.1, -0.05) is 37.1 Å². The van der Waals surface area contributed by atoms with Gasteiger partial charge in [-0.05, 0) is 30.4 Å². The summed E-state index contributed by atoms with van der Waals surface area (Å²) in [6.45, 7) is 2.35. The van der Waals surface area contributed by atoms with E-state index in [1.54, 1.807) is 12.1 Å². The molecule has 1 unspecified atom stereocenters. The van der Waals surface area contributed by atoms with E-state index in [-0.39, 0.29) is 0 Å². The normalized spacial score (nSPS) is 14.4. The van der Waals surface area contributed by atoms with E-state index in [9.17, 15) is 0 Å². The molecule has 0 radical (unpaired) electrons. The maximum Gasteiger partial charge on any atom is 0.235 e. The topological polar surface area (TPSA) is 18.5 Å². The van der Waals surface area contributed by atoms with Crippen LogP contribution in [0.2, 0.25) is 5.02 Å². The van der Waals surface area contributed by atoms with Crippen molar-refractivity contribution in [3.63, 3.8) is 0 Å². The lowest BCUT2D eigenvalue weighted by molar-refractivity contribution is 0.308. The molecule has 0 heterocycles. The fraction of sp³-hybridized carbons (Fsp3) is 0.455. The first-order valence-corrected chi connectivity index (χ1v) is 8.67. The Bertz CT molecular complexity index is 384. The fourth-order valence-corrected chi connectivity index (χ4v) is 2.82. The van der Waals surface area contributed by atoms with E-state index < -0.39 is 6.49 Å². The van der Waals surface area contributed by atoms with Gasteiger partial charge in [0.25, 0.3) is 0 Å². The summed E-state index contributed by atoms with van der Waals surface area (Å²) in [6, 6.07) is 7.29. The van der Waals surface area contributed by atoms with E-state index in [4.69, 9.17) is 32.5 Å². The zero-order valence-corrected chi connectivity index (χ0v) is 11.9. The monoisotopic (exact) mass is 278 g/mol. The van der Waals surface area contributed by atoms with Crippen molar-refractivity contribution < 1.29 is 9.05 Å². The van der Waals surface area contributed by atoms with Crippen molar-refractivity contribution in [3.8, 4) is 5.75 Å². The maximum absolute atomic E-state index is 5.98. The van der Waals surface area contributed by atoms with Crippen LogP contribution in [0.5, 0.6) is 5.75 Å².